The van der Waals surface area contributed by atoms with Gasteiger partial charge in [-0.05, 0) is 30.0 Å². The minimum Gasteiger partial charge on any atom is -0.309 e. The average Bonchev–Trinajstić information content (AvgIpc) is 2.84. The summed E-state index contributed by atoms with van der Waals surface area (Å²) < 4.78 is 2.87. The van der Waals surface area contributed by atoms with Crippen molar-refractivity contribution in [1.82, 2.24) is 5.32 Å². The van der Waals surface area contributed by atoms with Crippen molar-refractivity contribution in [2.24, 2.45) is 5.92 Å². The third kappa shape index (κ3) is 2.31. The van der Waals surface area contributed by atoms with Gasteiger partial charge in [0.05, 0.1) is 0 Å². The highest BCUT2D eigenvalue weighted by molar-refractivity contribution is 7.26. The lowest BCUT2D eigenvalue weighted by Crippen LogP contribution is -2.25. The van der Waals surface area contributed by atoms with E-state index >= 15 is 0 Å². The molecule has 2 heterocycles. The molecule has 2 aromatic heterocycles. The van der Waals surface area contributed by atoms with E-state index in [2.05, 4.69) is 43.6 Å². The van der Waals surface area contributed by atoms with Crippen molar-refractivity contribution in [1.29, 1.82) is 0 Å². The van der Waals surface area contributed by atoms with Gasteiger partial charge in [-0.1, -0.05) is 27.2 Å². The molecule has 0 radical (unpaired) electrons. The fraction of sp³-hybridized carbons (Fsp3) is 0.538. The fourth-order valence-corrected chi connectivity index (χ4v) is 4.30. The largest absolute Gasteiger partial charge is 0.309 e. The average molecular weight is 253 g/mol. The topological polar surface area (TPSA) is 12.0 Å². The Bertz CT molecular complexity index is 415. The van der Waals surface area contributed by atoms with Gasteiger partial charge in [-0.2, -0.15) is 0 Å². The Hall–Kier alpha value is -0.380. The summed E-state index contributed by atoms with van der Waals surface area (Å²) in [4.78, 5) is 1.50. The van der Waals surface area contributed by atoms with Gasteiger partial charge < -0.3 is 5.32 Å². The zero-order chi connectivity index (χ0) is 11.5. The van der Waals surface area contributed by atoms with E-state index in [-0.39, 0.29) is 0 Å². The molecule has 0 fully saturated rings. The fourth-order valence-electron chi connectivity index (χ4n) is 1.98. The van der Waals surface area contributed by atoms with Crippen molar-refractivity contribution >= 4 is 32.1 Å². The summed E-state index contributed by atoms with van der Waals surface area (Å²) in [6, 6.07) is 5.12. The molecule has 0 bridgehead atoms. The normalized spacial score (nSPS) is 15.4. The lowest BCUT2D eigenvalue weighted by molar-refractivity contribution is 0.389. The third-order valence-electron chi connectivity index (χ3n) is 3.10. The zero-order valence-electron chi connectivity index (χ0n) is 10.1. The van der Waals surface area contributed by atoms with Crippen molar-refractivity contribution in [3.63, 3.8) is 0 Å². The van der Waals surface area contributed by atoms with Gasteiger partial charge in [0.25, 0.3) is 0 Å². The van der Waals surface area contributed by atoms with E-state index in [1.54, 1.807) is 0 Å². The number of rotatable bonds is 5. The molecule has 0 aliphatic carbocycles. The van der Waals surface area contributed by atoms with Crippen LogP contribution in [-0.2, 0) is 0 Å². The highest BCUT2D eigenvalue weighted by Crippen LogP contribution is 2.36. The molecule has 0 aromatic carbocycles. The van der Waals surface area contributed by atoms with Crippen molar-refractivity contribution in [2.75, 3.05) is 6.54 Å². The van der Waals surface area contributed by atoms with E-state index < -0.39 is 0 Å². The van der Waals surface area contributed by atoms with Crippen LogP contribution in [-0.4, -0.2) is 6.54 Å². The van der Waals surface area contributed by atoms with Gasteiger partial charge in [-0.25, -0.2) is 0 Å². The summed E-state index contributed by atoms with van der Waals surface area (Å²) in [7, 11) is 0. The standard InChI is InChI=1S/C13H19NS2/c1-4-9(3)13(14-5-2)12-8-11-10(16-12)6-7-15-11/h6-9,13-14H,4-5H2,1-3H3. The molecule has 88 valence electrons. The van der Waals surface area contributed by atoms with Crippen molar-refractivity contribution < 1.29 is 0 Å². The van der Waals surface area contributed by atoms with Gasteiger partial charge in [0.1, 0.15) is 0 Å². The van der Waals surface area contributed by atoms with Crippen LogP contribution >= 0.6 is 22.7 Å². The maximum Gasteiger partial charge on any atom is 0.0454 e. The molecule has 1 nitrogen and oxygen atoms in total. The molecule has 0 saturated carbocycles. The van der Waals surface area contributed by atoms with Gasteiger partial charge in [-0.15, -0.1) is 22.7 Å². The Morgan fingerprint density at radius 2 is 2.12 bits per heavy atom. The highest BCUT2D eigenvalue weighted by atomic mass is 32.1. The number of fused-ring (bicyclic) bond motifs is 1. The van der Waals surface area contributed by atoms with Crippen LogP contribution in [0.15, 0.2) is 17.5 Å². The van der Waals surface area contributed by atoms with Crippen LogP contribution in [0, 0.1) is 5.92 Å². The summed E-state index contributed by atoms with van der Waals surface area (Å²) in [6.07, 6.45) is 1.23. The van der Waals surface area contributed by atoms with E-state index in [0.717, 1.165) is 6.54 Å². The number of nitrogens with one attached hydrogen (secondary N) is 1. The van der Waals surface area contributed by atoms with E-state index in [0.29, 0.717) is 12.0 Å². The number of hydrogen-bond donors (Lipinski definition) is 1. The zero-order valence-corrected chi connectivity index (χ0v) is 11.8. The molecule has 3 heteroatoms. The van der Waals surface area contributed by atoms with Gasteiger partial charge in [0.2, 0.25) is 0 Å². The summed E-state index contributed by atoms with van der Waals surface area (Å²) in [5.41, 5.74) is 0. The monoisotopic (exact) mass is 253 g/mol. The Morgan fingerprint density at radius 1 is 1.31 bits per heavy atom. The first-order valence-corrected chi connectivity index (χ1v) is 7.66. The van der Waals surface area contributed by atoms with E-state index in [1.807, 2.05) is 22.7 Å². The van der Waals surface area contributed by atoms with Crippen LogP contribution in [0.4, 0.5) is 0 Å². The van der Waals surface area contributed by atoms with Gasteiger partial charge in [0, 0.05) is 20.3 Å². The summed E-state index contributed by atoms with van der Waals surface area (Å²) >= 11 is 3.79. The maximum atomic E-state index is 3.62. The Kier molecular flexibility index (Phi) is 4.00. The Morgan fingerprint density at radius 3 is 2.75 bits per heavy atom. The summed E-state index contributed by atoms with van der Waals surface area (Å²) in [5, 5.41) is 5.79. The first kappa shape index (κ1) is 12.1. The van der Waals surface area contributed by atoms with Gasteiger partial charge in [0.15, 0.2) is 0 Å². The smallest absolute Gasteiger partial charge is 0.0454 e. The minimum absolute atomic E-state index is 0.527. The third-order valence-corrected chi connectivity index (χ3v) is 5.28. The van der Waals surface area contributed by atoms with Crippen LogP contribution in [0.2, 0.25) is 0 Å². The Labute approximate surface area is 105 Å². The second-order valence-corrected chi connectivity index (χ2v) is 6.28. The van der Waals surface area contributed by atoms with E-state index in [4.69, 9.17) is 0 Å². The lowest BCUT2D eigenvalue weighted by atomic mass is 9.98. The second-order valence-electron chi connectivity index (χ2n) is 4.22. The van der Waals surface area contributed by atoms with E-state index in [9.17, 15) is 0 Å². The van der Waals surface area contributed by atoms with Gasteiger partial charge >= 0.3 is 0 Å². The maximum absolute atomic E-state index is 3.62. The molecule has 0 amide bonds. The van der Waals surface area contributed by atoms with Crippen molar-refractivity contribution in [3.05, 3.63) is 22.4 Å². The minimum atomic E-state index is 0.527. The highest BCUT2D eigenvalue weighted by Gasteiger charge is 2.19. The molecule has 0 saturated heterocycles. The van der Waals surface area contributed by atoms with Crippen molar-refractivity contribution in [2.45, 2.75) is 33.2 Å². The first-order valence-electron chi connectivity index (χ1n) is 5.96. The lowest BCUT2D eigenvalue weighted by Gasteiger charge is -2.22. The SMILES string of the molecule is CCNC(c1cc2sccc2s1)C(C)CC. The van der Waals surface area contributed by atoms with Crippen LogP contribution in [0.5, 0.6) is 0 Å². The summed E-state index contributed by atoms with van der Waals surface area (Å²) in [5.74, 6) is 0.702. The molecule has 0 aliphatic heterocycles. The quantitative estimate of drug-likeness (QED) is 0.817. The predicted molar refractivity (Wildman–Crippen MR) is 75.6 cm³/mol. The second kappa shape index (κ2) is 5.30. The molecule has 2 atom stereocenters. The van der Waals surface area contributed by atoms with Crippen LogP contribution in [0.25, 0.3) is 9.40 Å². The number of hydrogen-bond acceptors (Lipinski definition) is 3. The van der Waals surface area contributed by atoms with E-state index in [1.165, 1.54) is 20.7 Å². The number of thiophene rings is 2. The molecule has 16 heavy (non-hydrogen) atoms. The first-order chi connectivity index (χ1) is 7.76. The molecular weight excluding hydrogens is 234 g/mol. The molecule has 0 spiro atoms. The molecule has 2 unspecified atom stereocenters. The summed E-state index contributed by atoms with van der Waals surface area (Å²) in [6.45, 7) is 7.83. The van der Waals surface area contributed by atoms with Crippen LogP contribution in [0.3, 0.4) is 0 Å². The molecular formula is C13H19NS2. The van der Waals surface area contributed by atoms with Gasteiger partial charge in [-0.3, -0.25) is 0 Å². The van der Waals surface area contributed by atoms with Crippen molar-refractivity contribution in [3.8, 4) is 0 Å². The van der Waals surface area contributed by atoms with Crippen LogP contribution < -0.4 is 5.32 Å². The Balaban J connectivity index is 2.28. The molecule has 2 rings (SSSR count). The molecule has 1 N–H and O–H groups in total. The molecule has 0 aliphatic rings. The predicted octanol–water partition coefficient (Wildman–Crippen LogP) is 4.66. The molecule has 2 aromatic rings. The van der Waals surface area contributed by atoms with Crippen LogP contribution in [0.1, 0.15) is 38.1 Å².